The van der Waals surface area contributed by atoms with E-state index in [1.54, 1.807) is 0 Å². The van der Waals surface area contributed by atoms with Crippen LogP contribution in [-0.2, 0) is 0 Å². The third kappa shape index (κ3) is 2.27. The van der Waals surface area contributed by atoms with Crippen molar-refractivity contribution in [2.75, 3.05) is 25.0 Å². The second-order valence-electron chi connectivity index (χ2n) is 4.15. The molecule has 1 aromatic rings. The molecule has 0 unspecified atom stereocenters. The van der Waals surface area contributed by atoms with E-state index in [-0.39, 0.29) is 0 Å². The largest absolute Gasteiger partial charge is 0.370 e. The second-order valence-corrected chi connectivity index (χ2v) is 4.59. The molecule has 0 amide bonds. The lowest BCUT2D eigenvalue weighted by atomic mass is 10.2. The van der Waals surface area contributed by atoms with Gasteiger partial charge in [0.2, 0.25) is 0 Å². The zero-order valence-electron chi connectivity index (χ0n) is 9.26. The number of likely N-dealkylation sites (N-methyl/N-ethyl adjacent to an activating group) is 1. The zero-order chi connectivity index (χ0) is 10.8. The molecule has 1 saturated heterocycles. The molecule has 1 heterocycles. The number of hydrogen-bond acceptors (Lipinski definition) is 2. The molecule has 1 aliphatic heterocycles. The number of nitrogens with one attached hydrogen (secondary N) is 1. The van der Waals surface area contributed by atoms with Gasteiger partial charge in [0.05, 0.1) is 0 Å². The summed E-state index contributed by atoms with van der Waals surface area (Å²) in [4.78, 5) is 2.42. The van der Waals surface area contributed by atoms with Gasteiger partial charge in [0.1, 0.15) is 0 Å². The third-order valence-corrected chi connectivity index (χ3v) is 3.33. The zero-order valence-corrected chi connectivity index (χ0v) is 10.0. The summed E-state index contributed by atoms with van der Waals surface area (Å²) in [5.41, 5.74) is 2.58. The van der Waals surface area contributed by atoms with Crippen LogP contribution in [0.15, 0.2) is 18.2 Å². The molecular weight excluding hydrogens is 208 g/mol. The van der Waals surface area contributed by atoms with Crippen LogP contribution in [0, 0.1) is 6.92 Å². The summed E-state index contributed by atoms with van der Waals surface area (Å²) in [7, 11) is 2.03. The second kappa shape index (κ2) is 4.42. The molecule has 1 fully saturated rings. The molecule has 1 aromatic carbocycles. The number of rotatable bonds is 2. The Bertz CT molecular complexity index is 351. The van der Waals surface area contributed by atoms with Crippen LogP contribution in [0.3, 0.4) is 0 Å². The van der Waals surface area contributed by atoms with Crippen molar-refractivity contribution in [3.8, 4) is 0 Å². The SMILES string of the molecule is CN[C@H]1CCN(c2ccc(Cl)cc2C)C1. The minimum Gasteiger partial charge on any atom is -0.370 e. The van der Waals surface area contributed by atoms with Crippen LogP contribution in [0.4, 0.5) is 5.69 Å². The first-order chi connectivity index (χ1) is 7.20. The van der Waals surface area contributed by atoms with Gasteiger partial charge in [0, 0.05) is 29.8 Å². The maximum Gasteiger partial charge on any atom is 0.0410 e. The first-order valence-corrected chi connectivity index (χ1v) is 5.77. The monoisotopic (exact) mass is 224 g/mol. The summed E-state index contributed by atoms with van der Waals surface area (Å²) < 4.78 is 0. The first kappa shape index (κ1) is 10.8. The Morgan fingerprint density at radius 3 is 2.87 bits per heavy atom. The predicted octanol–water partition coefficient (Wildman–Crippen LogP) is 2.45. The molecule has 2 rings (SSSR count). The highest BCUT2D eigenvalue weighted by molar-refractivity contribution is 6.30. The molecule has 0 radical (unpaired) electrons. The normalized spacial score (nSPS) is 21.0. The van der Waals surface area contributed by atoms with E-state index < -0.39 is 0 Å². The highest BCUT2D eigenvalue weighted by Gasteiger charge is 2.21. The number of halogens is 1. The van der Waals surface area contributed by atoms with Crippen molar-refractivity contribution in [1.82, 2.24) is 5.32 Å². The molecular formula is C12H17ClN2. The van der Waals surface area contributed by atoms with E-state index in [2.05, 4.69) is 23.2 Å². The van der Waals surface area contributed by atoms with Gasteiger partial charge in [0.25, 0.3) is 0 Å². The number of nitrogens with zero attached hydrogens (tertiary/aromatic N) is 1. The molecule has 1 aliphatic rings. The van der Waals surface area contributed by atoms with Gasteiger partial charge < -0.3 is 10.2 Å². The molecule has 0 aliphatic carbocycles. The lowest BCUT2D eigenvalue weighted by Gasteiger charge is -2.21. The summed E-state index contributed by atoms with van der Waals surface area (Å²) in [5.74, 6) is 0. The summed E-state index contributed by atoms with van der Waals surface area (Å²) in [5, 5.41) is 4.15. The number of anilines is 1. The van der Waals surface area contributed by atoms with Crippen molar-refractivity contribution in [3.63, 3.8) is 0 Å². The fourth-order valence-electron chi connectivity index (χ4n) is 2.19. The molecule has 0 saturated carbocycles. The van der Waals surface area contributed by atoms with Crippen LogP contribution in [-0.4, -0.2) is 26.2 Å². The van der Waals surface area contributed by atoms with Gasteiger partial charge in [-0.25, -0.2) is 0 Å². The summed E-state index contributed by atoms with van der Waals surface area (Å²) in [6.07, 6.45) is 1.22. The molecule has 82 valence electrons. The van der Waals surface area contributed by atoms with Crippen molar-refractivity contribution in [2.45, 2.75) is 19.4 Å². The van der Waals surface area contributed by atoms with Gasteiger partial charge in [-0.1, -0.05) is 11.6 Å². The van der Waals surface area contributed by atoms with E-state index >= 15 is 0 Å². The Labute approximate surface area is 96.2 Å². The van der Waals surface area contributed by atoms with Gasteiger partial charge in [-0.2, -0.15) is 0 Å². The molecule has 15 heavy (non-hydrogen) atoms. The molecule has 0 spiro atoms. The van der Waals surface area contributed by atoms with E-state index in [0.717, 1.165) is 18.1 Å². The standard InChI is InChI=1S/C12H17ClN2/c1-9-7-10(13)3-4-12(9)15-6-5-11(8-15)14-2/h3-4,7,11,14H,5-6,8H2,1-2H3/t11-/m0/s1. The number of aryl methyl sites for hydroxylation is 1. The Kier molecular flexibility index (Phi) is 3.17. The van der Waals surface area contributed by atoms with Crippen LogP contribution in [0.1, 0.15) is 12.0 Å². The van der Waals surface area contributed by atoms with E-state index in [4.69, 9.17) is 11.6 Å². The molecule has 1 atom stereocenters. The lowest BCUT2D eigenvalue weighted by Crippen LogP contribution is -2.29. The summed E-state index contributed by atoms with van der Waals surface area (Å²) in [6.45, 7) is 4.35. The maximum atomic E-state index is 5.95. The molecule has 0 bridgehead atoms. The Hall–Kier alpha value is -0.730. The van der Waals surface area contributed by atoms with Gasteiger partial charge in [-0.05, 0) is 44.2 Å². The van der Waals surface area contributed by atoms with Crippen molar-refractivity contribution >= 4 is 17.3 Å². The molecule has 3 heteroatoms. The van der Waals surface area contributed by atoms with Gasteiger partial charge >= 0.3 is 0 Å². The van der Waals surface area contributed by atoms with Crippen LogP contribution in [0.5, 0.6) is 0 Å². The van der Waals surface area contributed by atoms with Crippen LogP contribution in [0.25, 0.3) is 0 Å². The minimum absolute atomic E-state index is 0.625. The molecule has 1 N–H and O–H groups in total. The summed E-state index contributed by atoms with van der Waals surface area (Å²) in [6, 6.07) is 6.75. The van der Waals surface area contributed by atoms with Crippen LogP contribution in [0.2, 0.25) is 5.02 Å². The minimum atomic E-state index is 0.625. The number of benzene rings is 1. The highest BCUT2D eigenvalue weighted by Crippen LogP contribution is 2.26. The third-order valence-electron chi connectivity index (χ3n) is 3.10. The summed E-state index contributed by atoms with van der Waals surface area (Å²) >= 11 is 5.95. The Morgan fingerprint density at radius 1 is 1.47 bits per heavy atom. The van der Waals surface area contributed by atoms with Crippen molar-refractivity contribution < 1.29 is 0 Å². The molecule has 0 aromatic heterocycles. The topological polar surface area (TPSA) is 15.3 Å². The smallest absolute Gasteiger partial charge is 0.0410 e. The highest BCUT2D eigenvalue weighted by atomic mass is 35.5. The molecule has 2 nitrogen and oxygen atoms in total. The Morgan fingerprint density at radius 2 is 2.27 bits per heavy atom. The van der Waals surface area contributed by atoms with Crippen molar-refractivity contribution in [1.29, 1.82) is 0 Å². The quantitative estimate of drug-likeness (QED) is 0.830. The van der Waals surface area contributed by atoms with E-state index in [1.165, 1.54) is 17.7 Å². The van der Waals surface area contributed by atoms with Crippen molar-refractivity contribution in [3.05, 3.63) is 28.8 Å². The van der Waals surface area contributed by atoms with Gasteiger partial charge in [-0.3, -0.25) is 0 Å². The average Bonchev–Trinajstić information content (AvgIpc) is 2.66. The van der Waals surface area contributed by atoms with Crippen LogP contribution >= 0.6 is 11.6 Å². The van der Waals surface area contributed by atoms with E-state index in [0.29, 0.717) is 6.04 Å². The lowest BCUT2D eigenvalue weighted by molar-refractivity contribution is 0.617. The van der Waals surface area contributed by atoms with Crippen molar-refractivity contribution in [2.24, 2.45) is 0 Å². The maximum absolute atomic E-state index is 5.95. The van der Waals surface area contributed by atoms with E-state index in [1.807, 2.05) is 19.2 Å². The first-order valence-electron chi connectivity index (χ1n) is 5.39. The number of hydrogen-bond donors (Lipinski definition) is 1. The van der Waals surface area contributed by atoms with Crippen LogP contribution < -0.4 is 10.2 Å². The van der Waals surface area contributed by atoms with E-state index in [9.17, 15) is 0 Å². The van der Waals surface area contributed by atoms with Gasteiger partial charge in [0.15, 0.2) is 0 Å². The predicted molar refractivity (Wildman–Crippen MR) is 65.9 cm³/mol. The Balaban J connectivity index is 2.17. The fraction of sp³-hybridized carbons (Fsp3) is 0.500. The van der Waals surface area contributed by atoms with Gasteiger partial charge in [-0.15, -0.1) is 0 Å². The fourth-order valence-corrected chi connectivity index (χ4v) is 2.42. The average molecular weight is 225 g/mol.